The van der Waals surface area contributed by atoms with Gasteiger partial charge in [0.05, 0.1) is 22.5 Å². The van der Waals surface area contributed by atoms with Gasteiger partial charge in [-0.15, -0.1) is 11.3 Å². The highest BCUT2D eigenvalue weighted by molar-refractivity contribution is 7.99. The van der Waals surface area contributed by atoms with Crippen LogP contribution in [0.25, 0.3) is 22.3 Å². The predicted molar refractivity (Wildman–Crippen MR) is 131 cm³/mol. The zero-order valence-electron chi connectivity index (χ0n) is 18.0. The molecular formula is C24H26N4OS2. The van der Waals surface area contributed by atoms with Gasteiger partial charge in [0.15, 0.2) is 10.3 Å². The van der Waals surface area contributed by atoms with Gasteiger partial charge in [0, 0.05) is 17.5 Å². The van der Waals surface area contributed by atoms with Crippen LogP contribution in [0.1, 0.15) is 26.3 Å². The van der Waals surface area contributed by atoms with E-state index in [4.69, 9.17) is 0 Å². The normalized spacial score (nSPS) is 11.4. The molecule has 0 saturated carbocycles. The molecule has 2 heterocycles. The van der Waals surface area contributed by atoms with E-state index in [1.807, 2.05) is 23.6 Å². The number of carbonyl (C=O) groups is 1. The third kappa shape index (κ3) is 5.17. The molecule has 0 aliphatic rings. The van der Waals surface area contributed by atoms with Crippen molar-refractivity contribution in [2.45, 2.75) is 38.9 Å². The molecule has 4 aromatic rings. The molecule has 0 radical (unpaired) electrons. The Morgan fingerprint density at radius 2 is 1.90 bits per heavy atom. The first-order valence-electron chi connectivity index (χ1n) is 10.5. The van der Waals surface area contributed by atoms with Crippen molar-refractivity contribution >= 4 is 45.2 Å². The van der Waals surface area contributed by atoms with E-state index in [-0.39, 0.29) is 5.91 Å². The van der Waals surface area contributed by atoms with Gasteiger partial charge in [0.1, 0.15) is 0 Å². The van der Waals surface area contributed by atoms with Crippen LogP contribution in [0.3, 0.4) is 0 Å². The standard InChI is InChI=1S/C24H26N4OS2/c1-4-28-21-8-6-5-7-19(21)26-24(28)31-15-22(29)27-23-25-20(14-30-23)18-11-9-17(10-12-18)13-16(2)3/h5-12,14,16H,4,13,15H2,1-3H3,(H,25,27,29). The highest BCUT2D eigenvalue weighted by Gasteiger charge is 2.13. The number of anilines is 1. The molecule has 0 bridgehead atoms. The summed E-state index contributed by atoms with van der Waals surface area (Å²) in [6, 6.07) is 16.6. The number of aromatic nitrogens is 3. The Labute approximate surface area is 190 Å². The number of hydrogen-bond donors (Lipinski definition) is 1. The monoisotopic (exact) mass is 450 g/mol. The Hall–Kier alpha value is -2.64. The minimum Gasteiger partial charge on any atom is -0.319 e. The largest absolute Gasteiger partial charge is 0.319 e. The fraction of sp³-hybridized carbons (Fsp3) is 0.292. The number of aryl methyl sites for hydroxylation is 1. The number of nitrogens with zero attached hydrogens (tertiary/aromatic N) is 3. The van der Waals surface area contributed by atoms with Crippen LogP contribution < -0.4 is 5.32 Å². The Bertz CT molecular complexity index is 1180. The Morgan fingerprint density at radius 3 is 2.65 bits per heavy atom. The maximum atomic E-state index is 12.5. The molecule has 0 saturated heterocycles. The Kier molecular flexibility index (Phi) is 6.73. The lowest BCUT2D eigenvalue weighted by Gasteiger charge is -2.06. The van der Waals surface area contributed by atoms with Crippen LogP contribution in [-0.4, -0.2) is 26.2 Å². The first-order chi connectivity index (χ1) is 15.0. The van der Waals surface area contributed by atoms with Gasteiger partial charge in [-0.1, -0.05) is 62.0 Å². The van der Waals surface area contributed by atoms with Gasteiger partial charge < -0.3 is 9.88 Å². The SMILES string of the molecule is CCn1c(SCC(=O)Nc2nc(-c3ccc(CC(C)C)cc3)cs2)nc2ccccc21. The van der Waals surface area contributed by atoms with Crippen molar-refractivity contribution in [1.82, 2.24) is 14.5 Å². The minimum atomic E-state index is -0.0760. The van der Waals surface area contributed by atoms with Crippen molar-refractivity contribution in [3.8, 4) is 11.3 Å². The summed E-state index contributed by atoms with van der Waals surface area (Å²) in [5.41, 5.74) is 5.33. The lowest BCUT2D eigenvalue weighted by atomic mass is 10.0. The molecule has 7 heteroatoms. The van der Waals surface area contributed by atoms with Crippen molar-refractivity contribution in [2.75, 3.05) is 11.1 Å². The number of thiazole rings is 1. The molecule has 0 atom stereocenters. The lowest BCUT2D eigenvalue weighted by molar-refractivity contribution is -0.113. The molecule has 2 aromatic heterocycles. The molecule has 0 aliphatic carbocycles. The van der Waals surface area contributed by atoms with E-state index in [9.17, 15) is 4.79 Å². The summed E-state index contributed by atoms with van der Waals surface area (Å²) in [6.07, 6.45) is 1.07. The second-order valence-electron chi connectivity index (χ2n) is 7.80. The molecule has 0 aliphatic heterocycles. The van der Waals surface area contributed by atoms with Crippen molar-refractivity contribution < 1.29 is 4.79 Å². The van der Waals surface area contributed by atoms with Crippen LogP contribution in [0.2, 0.25) is 0 Å². The fourth-order valence-electron chi connectivity index (χ4n) is 3.50. The van der Waals surface area contributed by atoms with Crippen molar-refractivity contribution in [3.63, 3.8) is 0 Å². The number of fused-ring (bicyclic) bond motifs is 1. The first kappa shape index (κ1) is 21.6. The molecule has 1 amide bonds. The number of thioether (sulfide) groups is 1. The van der Waals surface area contributed by atoms with Crippen molar-refractivity contribution in [2.24, 2.45) is 5.92 Å². The summed E-state index contributed by atoms with van der Waals surface area (Å²) in [6.45, 7) is 7.35. The van der Waals surface area contributed by atoms with Gasteiger partial charge in [0.25, 0.3) is 0 Å². The number of rotatable bonds is 8. The molecule has 1 N–H and O–H groups in total. The maximum Gasteiger partial charge on any atom is 0.236 e. The van der Waals surface area contributed by atoms with Crippen LogP contribution in [0.15, 0.2) is 59.1 Å². The average Bonchev–Trinajstić information content (AvgIpc) is 3.36. The van der Waals surface area contributed by atoms with Crippen LogP contribution in [0.5, 0.6) is 0 Å². The molecule has 0 spiro atoms. The summed E-state index contributed by atoms with van der Waals surface area (Å²) in [5, 5.41) is 6.39. The smallest absolute Gasteiger partial charge is 0.236 e. The zero-order chi connectivity index (χ0) is 21.8. The van der Waals surface area contributed by atoms with Gasteiger partial charge in [0.2, 0.25) is 5.91 Å². The first-order valence-corrected chi connectivity index (χ1v) is 12.3. The van der Waals surface area contributed by atoms with Gasteiger partial charge >= 0.3 is 0 Å². The number of imidazole rings is 1. The molecule has 5 nitrogen and oxygen atoms in total. The Morgan fingerprint density at radius 1 is 1.13 bits per heavy atom. The fourth-order valence-corrected chi connectivity index (χ4v) is 5.12. The molecule has 160 valence electrons. The number of carbonyl (C=O) groups excluding carboxylic acids is 1. The third-order valence-electron chi connectivity index (χ3n) is 4.91. The molecular weight excluding hydrogens is 424 g/mol. The van der Waals surface area contributed by atoms with E-state index in [0.717, 1.165) is 40.4 Å². The van der Waals surface area contributed by atoms with E-state index in [0.29, 0.717) is 16.8 Å². The quantitative estimate of drug-likeness (QED) is 0.329. The summed E-state index contributed by atoms with van der Waals surface area (Å²) in [5.74, 6) is 0.855. The van der Waals surface area contributed by atoms with E-state index in [1.54, 1.807) is 0 Å². The van der Waals surface area contributed by atoms with E-state index in [2.05, 4.69) is 71.0 Å². The summed E-state index contributed by atoms with van der Waals surface area (Å²) >= 11 is 2.90. The highest BCUT2D eigenvalue weighted by atomic mass is 32.2. The van der Waals surface area contributed by atoms with Crippen molar-refractivity contribution in [3.05, 3.63) is 59.5 Å². The van der Waals surface area contributed by atoms with Crippen LogP contribution in [0.4, 0.5) is 5.13 Å². The number of nitrogens with one attached hydrogen (secondary N) is 1. The number of amides is 1. The molecule has 0 unspecified atom stereocenters. The molecule has 4 rings (SSSR count). The minimum absolute atomic E-state index is 0.0760. The lowest BCUT2D eigenvalue weighted by Crippen LogP contribution is -2.14. The van der Waals surface area contributed by atoms with E-state index >= 15 is 0 Å². The van der Waals surface area contributed by atoms with E-state index < -0.39 is 0 Å². The van der Waals surface area contributed by atoms with Gasteiger partial charge in [-0.05, 0) is 37.0 Å². The second kappa shape index (κ2) is 9.66. The summed E-state index contributed by atoms with van der Waals surface area (Å²) in [4.78, 5) is 21.7. The third-order valence-corrected chi connectivity index (χ3v) is 6.65. The van der Waals surface area contributed by atoms with Gasteiger partial charge in [-0.3, -0.25) is 4.79 Å². The Balaban J connectivity index is 1.37. The van der Waals surface area contributed by atoms with Crippen LogP contribution >= 0.6 is 23.1 Å². The summed E-state index contributed by atoms with van der Waals surface area (Å²) < 4.78 is 2.14. The number of benzene rings is 2. The summed E-state index contributed by atoms with van der Waals surface area (Å²) in [7, 11) is 0. The van der Waals surface area contributed by atoms with Crippen LogP contribution in [-0.2, 0) is 17.8 Å². The van der Waals surface area contributed by atoms with E-state index in [1.165, 1.54) is 28.7 Å². The van der Waals surface area contributed by atoms with Crippen LogP contribution in [0, 0.1) is 5.92 Å². The predicted octanol–water partition coefficient (Wildman–Crippen LogP) is 6.11. The van der Waals surface area contributed by atoms with Gasteiger partial charge in [-0.25, -0.2) is 9.97 Å². The number of para-hydroxylation sites is 2. The second-order valence-corrected chi connectivity index (χ2v) is 9.60. The molecule has 0 fully saturated rings. The zero-order valence-corrected chi connectivity index (χ0v) is 19.6. The molecule has 31 heavy (non-hydrogen) atoms. The number of hydrogen-bond acceptors (Lipinski definition) is 5. The highest BCUT2D eigenvalue weighted by Crippen LogP contribution is 2.27. The maximum absolute atomic E-state index is 12.5. The van der Waals surface area contributed by atoms with Gasteiger partial charge in [-0.2, -0.15) is 0 Å². The average molecular weight is 451 g/mol. The molecule has 2 aromatic carbocycles. The van der Waals surface area contributed by atoms with Crippen molar-refractivity contribution in [1.29, 1.82) is 0 Å². The topological polar surface area (TPSA) is 59.8 Å².